The predicted molar refractivity (Wildman–Crippen MR) is 57.9 cm³/mol. The quantitative estimate of drug-likeness (QED) is 0.899. The number of hydrogen-bond acceptors (Lipinski definition) is 4. The smallest absolute Gasteiger partial charge is 0.453 e. The molecular formula is C11H9F3N2O2. The van der Waals surface area contributed by atoms with Gasteiger partial charge in [0.2, 0.25) is 5.76 Å². The van der Waals surface area contributed by atoms with Crippen molar-refractivity contribution in [3.8, 4) is 16.9 Å². The minimum Gasteiger partial charge on any atom is -0.497 e. The molecule has 0 bridgehead atoms. The summed E-state index contributed by atoms with van der Waals surface area (Å²) in [6.45, 7) is 0. The number of ether oxygens (including phenoxy) is 1. The molecule has 0 saturated carbocycles. The van der Waals surface area contributed by atoms with Crippen molar-refractivity contribution >= 4 is 5.82 Å². The topological polar surface area (TPSA) is 61.3 Å². The van der Waals surface area contributed by atoms with Gasteiger partial charge in [-0.25, -0.2) is 0 Å². The number of methoxy groups -OCH3 is 1. The summed E-state index contributed by atoms with van der Waals surface area (Å²) in [7, 11) is 1.42. The monoisotopic (exact) mass is 258 g/mol. The molecule has 7 heteroatoms. The van der Waals surface area contributed by atoms with Crippen LogP contribution in [0.1, 0.15) is 5.76 Å². The molecular weight excluding hydrogens is 249 g/mol. The minimum absolute atomic E-state index is 0.237. The summed E-state index contributed by atoms with van der Waals surface area (Å²) in [6.07, 6.45) is -4.65. The van der Waals surface area contributed by atoms with E-state index in [2.05, 4.69) is 9.68 Å². The SMILES string of the molecule is COc1cccc(-c2c(N)noc2C(F)(F)F)c1. The van der Waals surface area contributed by atoms with Gasteiger partial charge < -0.3 is 15.0 Å². The van der Waals surface area contributed by atoms with E-state index in [1.807, 2.05) is 0 Å². The van der Waals surface area contributed by atoms with Gasteiger partial charge in [-0.2, -0.15) is 13.2 Å². The van der Waals surface area contributed by atoms with Crippen LogP contribution in [-0.4, -0.2) is 12.3 Å². The molecule has 0 amide bonds. The Balaban J connectivity index is 2.59. The van der Waals surface area contributed by atoms with Gasteiger partial charge in [-0.05, 0) is 17.7 Å². The van der Waals surface area contributed by atoms with Crippen molar-refractivity contribution in [3.05, 3.63) is 30.0 Å². The zero-order chi connectivity index (χ0) is 13.3. The molecule has 0 fully saturated rings. The van der Waals surface area contributed by atoms with E-state index in [4.69, 9.17) is 10.5 Å². The molecule has 18 heavy (non-hydrogen) atoms. The summed E-state index contributed by atoms with van der Waals surface area (Å²) in [4.78, 5) is 0. The maximum absolute atomic E-state index is 12.7. The Kier molecular flexibility index (Phi) is 2.90. The standard InChI is InChI=1S/C11H9F3N2O2/c1-17-7-4-2-3-6(5-7)8-9(11(12,13)14)18-16-10(8)15/h2-5H,1H3,(H2,15,16). The molecule has 0 radical (unpaired) electrons. The summed E-state index contributed by atoms with van der Waals surface area (Å²) >= 11 is 0. The maximum atomic E-state index is 12.7. The molecule has 2 N–H and O–H groups in total. The Bertz CT molecular complexity index is 564. The Labute approximate surface area is 100 Å². The third-order valence-corrected chi connectivity index (χ3v) is 2.33. The number of alkyl halides is 3. The number of halogens is 3. The van der Waals surface area contributed by atoms with Crippen molar-refractivity contribution < 1.29 is 22.4 Å². The normalized spacial score (nSPS) is 11.6. The first-order valence-electron chi connectivity index (χ1n) is 4.90. The summed E-state index contributed by atoms with van der Waals surface area (Å²) < 4.78 is 47.3. The average molecular weight is 258 g/mol. The highest BCUT2D eigenvalue weighted by Gasteiger charge is 2.40. The molecule has 2 aromatic rings. The third kappa shape index (κ3) is 2.11. The predicted octanol–water partition coefficient (Wildman–Crippen LogP) is 2.95. The number of nitrogen functional groups attached to an aromatic ring is 1. The lowest BCUT2D eigenvalue weighted by molar-refractivity contribution is -0.154. The van der Waals surface area contributed by atoms with Crippen LogP contribution in [0.5, 0.6) is 5.75 Å². The number of hydrogen-bond donors (Lipinski definition) is 1. The van der Waals surface area contributed by atoms with Crippen molar-refractivity contribution in [1.29, 1.82) is 0 Å². The lowest BCUT2D eigenvalue weighted by atomic mass is 10.1. The summed E-state index contributed by atoms with van der Waals surface area (Å²) in [5.41, 5.74) is 5.38. The van der Waals surface area contributed by atoms with Gasteiger partial charge in [0.1, 0.15) is 5.75 Å². The first kappa shape index (κ1) is 12.3. The fourth-order valence-electron chi connectivity index (χ4n) is 1.55. The molecule has 0 unspecified atom stereocenters. The molecule has 2 rings (SSSR count). The number of aromatic nitrogens is 1. The van der Waals surface area contributed by atoms with Crippen LogP contribution in [0.4, 0.5) is 19.0 Å². The summed E-state index contributed by atoms with van der Waals surface area (Å²) in [5, 5.41) is 3.16. The van der Waals surface area contributed by atoms with E-state index in [1.165, 1.54) is 19.2 Å². The number of rotatable bonds is 2. The van der Waals surface area contributed by atoms with Crippen LogP contribution in [0.3, 0.4) is 0 Å². The summed E-state index contributed by atoms with van der Waals surface area (Å²) in [6, 6.07) is 6.07. The van der Waals surface area contributed by atoms with Crippen molar-refractivity contribution in [2.24, 2.45) is 0 Å². The van der Waals surface area contributed by atoms with Gasteiger partial charge in [0, 0.05) is 0 Å². The molecule has 4 nitrogen and oxygen atoms in total. The van der Waals surface area contributed by atoms with Crippen molar-refractivity contribution in [2.75, 3.05) is 12.8 Å². The molecule has 0 atom stereocenters. The van der Waals surface area contributed by atoms with Gasteiger partial charge in [0.15, 0.2) is 5.82 Å². The van der Waals surface area contributed by atoms with E-state index in [1.54, 1.807) is 12.1 Å². The largest absolute Gasteiger partial charge is 0.497 e. The second kappa shape index (κ2) is 4.25. The van der Waals surface area contributed by atoms with E-state index in [-0.39, 0.29) is 16.9 Å². The van der Waals surface area contributed by atoms with Gasteiger partial charge in [0.05, 0.1) is 12.7 Å². The van der Waals surface area contributed by atoms with Crippen LogP contribution in [0.15, 0.2) is 28.8 Å². The van der Waals surface area contributed by atoms with Crippen LogP contribution in [-0.2, 0) is 6.18 Å². The second-order valence-electron chi connectivity index (χ2n) is 3.50. The Morgan fingerprint density at radius 3 is 2.67 bits per heavy atom. The summed E-state index contributed by atoms with van der Waals surface area (Å²) in [5.74, 6) is -1.11. The first-order valence-corrected chi connectivity index (χ1v) is 4.90. The highest BCUT2D eigenvalue weighted by molar-refractivity contribution is 5.76. The number of nitrogens with zero attached hydrogens (tertiary/aromatic N) is 1. The van der Waals surface area contributed by atoms with Crippen LogP contribution in [0.25, 0.3) is 11.1 Å². The van der Waals surface area contributed by atoms with E-state index < -0.39 is 11.9 Å². The molecule has 0 aliphatic heterocycles. The van der Waals surface area contributed by atoms with Gasteiger partial charge >= 0.3 is 6.18 Å². The minimum atomic E-state index is -4.65. The number of benzene rings is 1. The third-order valence-electron chi connectivity index (χ3n) is 2.33. The number of anilines is 1. The van der Waals surface area contributed by atoms with Gasteiger partial charge in [-0.3, -0.25) is 0 Å². The Hall–Kier alpha value is -2.18. The molecule has 0 aliphatic rings. The molecule has 0 aliphatic carbocycles. The molecule has 1 aromatic carbocycles. The molecule has 1 heterocycles. The fraction of sp³-hybridized carbons (Fsp3) is 0.182. The van der Waals surface area contributed by atoms with Crippen molar-refractivity contribution in [3.63, 3.8) is 0 Å². The second-order valence-corrected chi connectivity index (χ2v) is 3.50. The average Bonchev–Trinajstić information content (AvgIpc) is 2.71. The Morgan fingerprint density at radius 2 is 2.06 bits per heavy atom. The van der Waals surface area contributed by atoms with E-state index in [9.17, 15) is 13.2 Å². The Morgan fingerprint density at radius 1 is 1.33 bits per heavy atom. The first-order chi connectivity index (χ1) is 8.43. The van der Waals surface area contributed by atoms with Crippen molar-refractivity contribution in [2.45, 2.75) is 6.18 Å². The zero-order valence-electron chi connectivity index (χ0n) is 9.28. The highest BCUT2D eigenvalue weighted by Crippen LogP contribution is 2.40. The maximum Gasteiger partial charge on any atom is 0.453 e. The lowest BCUT2D eigenvalue weighted by Gasteiger charge is -2.07. The molecule has 0 spiro atoms. The van der Waals surface area contributed by atoms with E-state index >= 15 is 0 Å². The lowest BCUT2D eigenvalue weighted by Crippen LogP contribution is -2.05. The van der Waals surface area contributed by atoms with Crippen LogP contribution in [0.2, 0.25) is 0 Å². The van der Waals surface area contributed by atoms with Crippen LogP contribution in [0, 0.1) is 0 Å². The van der Waals surface area contributed by atoms with E-state index in [0.29, 0.717) is 5.75 Å². The van der Waals surface area contributed by atoms with Gasteiger partial charge in [-0.1, -0.05) is 17.3 Å². The zero-order valence-corrected chi connectivity index (χ0v) is 9.28. The number of nitrogens with two attached hydrogens (primary N) is 1. The van der Waals surface area contributed by atoms with E-state index in [0.717, 1.165) is 0 Å². The highest BCUT2D eigenvalue weighted by atomic mass is 19.4. The van der Waals surface area contributed by atoms with Gasteiger partial charge in [0.25, 0.3) is 0 Å². The van der Waals surface area contributed by atoms with Crippen molar-refractivity contribution in [1.82, 2.24) is 5.16 Å². The molecule has 96 valence electrons. The molecule has 0 saturated heterocycles. The van der Waals surface area contributed by atoms with Crippen LogP contribution >= 0.6 is 0 Å². The molecule has 1 aromatic heterocycles. The van der Waals surface area contributed by atoms with Crippen LogP contribution < -0.4 is 10.5 Å². The fourth-order valence-corrected chi connectivity index (χ4v) is 1.55. The van der Waals surface area contributed by atoms with Gasteiger partial charge in [-0.15, -0.1) is 0 Å².